The van der Waals surface area contributed by atoms with Gasteiger partial charge in [-0.3, -0.25) is 14.5 Å². The number of nitrogens with one attached hydrogen (secondary N) is 1. The van der Waals surface area contributed by atoms with Crippen LogP contribution in [0.3, 0.4) is 0 Å². The van der Waals surface area contributed by atoms with Crippen molar-refractivity contribution >= 4 is 17.8 Å². The van der Waals surface area contributed by atoms with Crippen LogP contribution in [0.2, 0.25) is 0 Å². The molecule has 0 unspecified atom stereocenters. The zero-order valence-corrected chi connectivity index (χ0v) is 13.8. The maximum atomic E-state index is 12.9. The molecule has 1 saturated heterocycles. The van der Waals surface area contributed by atoms with E-state index in [1.807, 2.05) is 51.1 Å². The van der Waals surface area contributed by atoms with Gasteiger partial charge in [-0.15, -0.1) is 0 Å². The third-order valence-corrected chi connectivity index (χ3v) is 4.38. The highest BCUT2D eigenvalue weighted by molar-refractivity contribution is 6.09. The lowest BCUT2D eigenvalue weighted by Crippen LogP contribution is -2.45. The molecule has 4 amide bonds. The van der Waals surface area contributed by atoms with Gasteiger partial charge in [-0.1, -0.05) is 37.3 Å². The van der Waals surface area contributed by atoms with Crippen molar-refractivity contribution in [3.8, 4) is 0 Å². The molecule has 1 aromatic carbocycles. The molecule has 6 nitrogen and oxygen atoms in total. The molecule has 1 aliphatic rings. The topological polar surface area (TPSA) is 69.7 Å². The lowest BCUT2D eigenvalue weighted by atomic mass is 9.87. The highest BCUT2D eigenvalue weighted by Gasteiger charge is 2.51. The number of carbonyl (C=O) groups is 3. The Labute approximate surface area is 136 Å². The number of imide groups is 1. The van der Waals surface area contributed by atoms with Gasteiger partial charge >= 0.3 is 6.03 Å². The summed E-state index contributed by atoms with van der Waals surface area (Å²) in [7, 11) is 0. The van der Waals surface area contributed by atoms with Gasteiger partial charge in [0.25, 0.3) is 5.91 Å². The predicted octanol–water partition coefficient (Wildman–Crippen LogP) is 1.71. The average Bonchev–Trinajstić information content (AvgIpc) is 2.82. The van der Waals surface area contributed by atoms with E-state index in [9.17, 15) is 14.4 Å². The van der Waals surface area contributed by atoms with E-state index < -0.39 is 11.6 Å². The number of nitrogens with zero attached hydrogens (tertiary/aromatic N) is 2. The predicted molar refractivity (Wildman–Crippen MR) is 86.6 cm³/mol. The molecular formula is C17H23N3O3. The van der Waals surface area contributed by atoms with Crippen molar-refractivity contribution in [1.82, 2.24) is 15.1 Å². The summed E-state index contributed by atoms with van der Waals surface area (Å²) in [6, 6.07) is 8.64. The summed E-state index contributed by atoms with van der Waals surface area (Å²) < 4.78 is 0. The van der Waals surface area contributed by atoms with Crippen molar-refractivity contribution in [2.24, 2.45) is 0 Å². The zero-order chi connectivity index (χ0) is 17.0. The Kier molecular flexibility index (Phi) is 5.03. The zero-order valence-electron chi connectivity index (χ0n) is 13.8. The number of benzene rings is 1. The van der Waals surface area contributed by atoms with Gasteiger partial charge in [-0.2, -0.15) is 0 Å². The highest BCUT2D eigenvalue weighted by Crippen LogP contribution is 2.32. The van der Waals surface area contributed by atoms with E-state index in [0.29, 0.717) is 19.5 Å². The quantitative estimate of drug-likeness (QED) is 0.812. The van der Waals surface area contributed by atoms with Crippen LogP contribution in [0.25, 0.3) is 0 Å². The number of rotatable bonds is 6. The van der Waals surface area contributed by atoms with E-state index in [2.05, 4.69) is 5.32 Å². The summed E-state index contributed by atoms with van der Waals surface area (Å²) in [6.07, 6.45) is 0.428. The molecule has 1 fully saturated rings. The summed E-state index contributed by atoms with van der Waals surface area (Å²) in [5.41, 5.74) is -0.347. The van der Waals surface area contributed by atoms with Crippen LogP contribution in [0.4, 0.5) is 4.79 Å². The Bertz CT molecular complexity index is 598. The first-order valence-electron chi connectivity index (χ1n) is 7.97. The molecule has 0 spiro atoms. The standard InChI is InChI=1S/C17H23N3O3/c1-4-17(13-10-8-7-9-11-13)15(22)20(16(23)18-17)12-14(21)19(5-2)6-3/h7-11H,4-6,12H2,1-3H3,(H,18,23)/t17-/m0/s1. The van der Waals surface area contributed by atoms with Gasteiger partial charge in [0.15, 0.2) is 0 Å². The molecule has 2 rings (SSSR count). The fourth-order valence-corrected chi connectivity index (χ4v) is 2.94. The highest BCUT2D eigenvalue weighted by atomic mass is 16.2. The van der Waals surface area contributed by atoms with Gasteiger partial charge in [0.2, 0.25) is 5.91 Å². The van der Waals surface area contributed by atoms with E-state index in [1.165, 1.54) is 0 Å². The van der Waals surface area contributed by atoms with Crippen LogP contribution in [0, 0.1) is 0 Å². The Hall–Kier alpha value is -2.37. The minimum atomic E-state index is -1.08. The number of hydrogen-bond donors (Lipinski definition) is 1. The van der Waals surface area contributed by atoms with Gasteiger partial charge in [0.1, 0.15) is 12.1 Å². The van der Waals surface area contributed by atoms with Gasteiger partial charge in [0, 0.05) is 13.1 Å². The monoisotopic (exact) mass is 317 g/mol. The second-order valence-electron chi connectivity index (χ2n) is 5.51. The van der Waals surface area contributed by atoms with Crippen molar-refractivity contribution in [2.45, 2.75) is 32.7 Å². The molecule has 1 atom stereocenters. The first-order chi connectivity index (χ1) is 11.0. The van der Waals surface area contributed by atoms with E-state index in [-0.39, 0.29) is 18.4 Å². The van der Waals surface area contributed by atoms with Crippen LogP contribution in [-0.2, 0) is 15.1 Å². The molecule has 124 valence electrons. The molecule has 1 N–H and O–H groups in total. The lowest BCUT2D eigenvalue weighted by molar-refractivity contribution is -0.139. The molecule has 6 heteroatoms. The number of likely N-dealkylation sites (N-methyl/N-ethyl adjacent to an activating group) is 1. The van der Waals surface area contributed by atoms with Crippen LogP contribution >= 0.6 is 0 Å². The van der Waals surface area contributed by atoms with E-state index in [0.717, 1.165) is 10.5 Å². The van der Waals surface area contributed by atoms with Crippen molar-refractivity contribution in [2.75, 3.05) is 19.6 Å². The Morgan fingerprint density at radius 2 is 1.74 bits per heavy atom. The van der Waals surface area contributed by atoms with Gasteiger partial charge in [-0.25, -0.2) is 4.79 Å². The largest absolute Gasteiger partial charge is 0.342 e. The van der Waals surface area contributed by atoms with Crippen molar-refractivity contribution in [3.05, 3.63) is 35.9 Å². The SMILES string of the molecule is CCN(CC)C(=O)CN1C(=O)N[C@@](CC)(c2ccccc2)C1=O. The van der Waals surface area contributed by atoms with E-state index in [1.54, 1.807) is 4.90 Å². The lowest BCUT2D eigenvalue weighted by Gasteiger charge is -2.26. The fourth-order valence-electron chi connectivity index (χ4n) is 2.94. The molecule has 0 aromatic heterocycles. The summed E-state index contributed by atoms with van der Waals surface area (Å²) in [5, 5.41) is 2.78. The summed E-state index contributed by atoms with van der Waals surface area (Å²) >= 11 is 0. The third-order valence-electron chi connectivity index (χ3n) is 4.38. The van der Waals surface area contributed by atoms with Crippen LogP contribution in [-0.4, -0.2) is 47.3 Å². The first kappa shape index (κ1) is 17.0. The molecule has 0 bridgehead atoms. The fraction of sp³-hybridized carbons (Fsp3) is 0.471. The smallest absolute Gasteiger partial charge is 0.325 e. The average molecular weight is 317 g/mol. The molecule has 1 heterocycles. The minimum Gasteiger partial charge on any atom is -0.342 e. The third kappa shape index (κ3) is 2.93. The van der Waals surface area contributed by atoms with Gasteiger partial charge < -0.3 is 10.2 Å². The normalized spacial score (nSPS) is 20.6. The van der Waals surface area contributed by atoms with Crippen LogP contribution in [0.5, 0.6) is 0 Å². The Balaban J connectivity index is 2.27. The second-order valence-corrected chi connectivity index (χ2v) is 5.51. The minimum absolute atomic E-state index is 0.221. The van der Waals surface area contributed by atoms with Crippen LogP contribution < -0.4 is 5.32 Å². The molecular weight excluding hydrogens is 294 g/mol. The maximum Gasteiger partial charge on any atom is 0.325 e. The Morgan fingerprint density at radius 3 is 2.26 bits per heavy atom. The molecule has 0 radical (unpaired) electrons. The molecule has 23 heavy (non-hydrogen) atoms. The van der Waals surface area contributed by atoms with E-state index >= 15 is 0 Å². The number of urea groups is 1. The van der Waals surface area contributed by atoms with Crippen LogP contribution in [0.15, 0.2) is 30.3 Å². The molecule has 1 aromatic rings. The number of amides is 4. The van der Waals surface area contributed by atoms with Gasteiger partial charge in [0.05, 0.1) is 0 Å². The van der Waals surface area contributed by atoms with Gasteiger partial charge in [-0.05, 0) is 25.8 Å². The summed E-state index contributed by atoms with van der Waals surface area (Å²) in [6.45, 7) is 6.47. The number of carbonyl (C=O) groups excluding carboxylic acids is 3. The maximum absolute atomic E-state index is 12.9. The number of hydrogen-bond acceptors (Lipinski definition) is 3. The van der Waals surface area contributed by atoms with Crippen molar-refractivity contribution in [3.63, 3.8) is 0 Å². The van der Waals surface area contributed by atoms with Crippen molar-refractivity contribution in [1.29, 1.82) is 0 Å². The molecule has 0 saturated carbocycles. The molecule has 1 aliphatic heterocycles. The summed E-state index contributed by atoms with van der Waals surface area (Å²) in [4.78, 5) is 40.0. The van der Waals surface area contributed by atoms with Crippen molar-refractivity contribution < 1.29 is 14.4 Å². The van der Waals surface area contributed by atoms with E-state index in [4.69, 9.17) is 0 Å². The second kappa shape index (κ2) is 6.81. The Morgan fingerprint density at radius 1 is 1.13 bits per heavy atom. The summed E-state index contributed by atoms with van der Waals surface area (Å²) in [5.74, 6) is -0.588. The molecule has 0 aliphatic carbocycles. The first-order valence-corrected chi connectivity index (χ1v) is 7.97. The van der Waals surface area contributed by atoms with Crippen LogP contribution in [0.1, 0.15) is 32.8 Å².